The van der Waals surface area contributed by atoms with Crippen molar-refractivity contribution >= 4 is 15.9 Å². The Kier molecular flexibility index (Phi) is 5.52. The molecule has 1 saturated heterocycles. The van der Waals surface area contributed by atoms with Gasteiger partial charge in [0.05, 0.1) is 11.7 Å². The van der Waals surface area contributed by atoms with E-state index in [1.165, 1.54) is 51.5 Å². The molecule has 0 amide bonds. The summed E-state index contributed by atoms with van der Waals surface area (Å²) in [5, 5.41) is 1.08. The van der Waals surface area contributed by atoms with E-state index in [0.717, 1.165) is 17.9 Å². The minimum atomic E-state index is 0.108. The molecule has 2 aliphatic rings. The molecule has 0 bridgehead atoms. The molecule has 2 rings (SSSR count). The number of rotatable bonds is 5. The van der Waals surface area contributed by atoms with E-state index < -0.39 is 0 Å². The van der Waals surface area contributed by atoms with Crippen molar-refractivity contribution < 1.29 is 4.74 Å². The lowest BCUT2D eigenvalue weighted by atomic mass is 9.94. The topological polar surface area (TPSA) is 12.5 Å². The standard InChI is InChI=1S/C15H28BrNO/c1-15(2)9-8-14(18-15)12-17(11-10-16)13-6-4-3-5-7-13/h13-14H,3-12H2,1-2H3. The Morgan fingerprint density at radius 1 is 1.17 bits per heavy atom. The van der Waals surface area contributed by atoms with Gasteiger partial charge in [-0.05, 0) is 39.5 Å². The number of ether oxygens (including phenoxy) is 1. The van der Waals surface area contributed by atoms with Crippen molar-refractivity contribution in [2.45, 2.75) is 76.5 Å². The van der Waals surface area contributed by atoms with Crippen molar-refractivity contribution in [3.05, 3.63) is 0 Å². The first-order chi connectivity index (χ1) is 8.61. The predicted molar refractivity (Wildman–Crippen MR) is 80.4 cm³/mol. The molecule has 1 aliphatic heterocycles. The van der Waals surface area contributed by atoms with Gasteiger partial charge >= 0.3 is 0 Å². The molecule has 2 fully saturated rings. The van der Waals surface area contributed by atoms with Crippen LogP contribution in [0.5, 0.6) is 0 Å². The molecular formula is C15H28BrNO. The van der Waals surface area contributed by atoms with Crippen molar-refractivity contribution in [1.29, 1.82) is 0 Å². The van der Waals surface area contributed by atoms with E-state index in [1.54, 1.807) is 0 Å². The van der Waals surface area contributed by atoms with Crippen LogP contribution in [0.2, 0.25) is 0 Å². The Bertz CT molecular complexity index is 251. The van der Waals surface area contributed by atoms with Gasteiger partial charge in [-0.1, -0.05) is 35.2 Å². The number of nitrogens with zero attached hydrogens (tertiary/aromatic N) is 1. The summed E-state index contributed by atoms with van der Waals surface area (Å²) in [6, 6.07) is 0.809. The zero-order valence-corrected chi connectivity index (χ0v) is 13.5. The quantitative estimate of drug-likeness (QED) is 0.711. The molecule has 1 aliphatic carbocycles. The summed E-state index contributed by atoms with van der Waals surface area (Å²) in [6.07, 6.45) is 9.96. The van der Waals surface area contributed by atoms with E-state index >= 15 is 0 Å². The second-order valence-corrected chi connectivity index (χ2v) is 7.31. The molecular weight excluding hydrogens is 290 g/mol. The predicted octanol–water partition coefficient (Wildman–Crippen LogP) is 3.97. The molecule has 18 heavy (non-hydrogen) atoms. The molecule has 0 aromatic carbocycles. The second kappa shape index (κ2) is 6.71. The molecule has 0 aromatic rings. The average Bonchev–Trinajstić information content (AvgIpc) is 2.69. The molecule has 3 heteroatoms. The third kappa shape index (κ3) is 4.21. The lowest BCUT2D eigenvalue weighted by Crippen LogP contribution is -2.43. The molecule has 1 unspecified atom stereocenters. The highest BCUT2D eigenvalue weighted by Crippen LogP contribution is 2.31. The monoisotopic (exact) mass is 317 g/mol. The third-order valence-electron chi connectivity index (χ3n) is 4.46. The van der Waals surface area contributed by atoms with Crippen LogP contribution in [0, 0.1) is 0 Å². The van der Waals surface area contributed by atoms with Gasteiger partial charge in [0.1, 0.15) is 0 Å². The van der Waals surface area contributed by atoms with Gasteiger partial charge < -0.3 is 4.74 Å². The highest BCUT2D eigenvalue weighted by molar-refractivity contribution is 9.09. The Morgan fingerprint density at radius 2 is 1.89 bits per heavy atom. The Hall–Kier alpha value is 0.400. The minimum Gasteiger partial charge on any atom is -0.371 e. The minimum absolute atomic E-state index is 0.108. The van der Waals surface area contributed by atoms with Crippen LogP contribution in [-0.2, 0) is 4.74 Å². The van der Waals surface area contributed by atoms with Gasteiger partial charge in [0.2, 0.25) is 0 Å². The zero-order valence-electron chi connectivity index (χ0n) is 12.0. The van der Waals surface area contributed by atoms with Gasteiger partial charge in [0, 0.05) is 24.5 Å². The maximum absolute atomic E-state index is 6.16. The van der Waals surface area contributed by atoms with E-state index in [0.29, 0.717) is 6.10 Å². The summed E-state index contributed by atoms with van der Waals surface area (Å²) in [7, 11) is 0. The fourth-order valence-corrected chi connectivity index (χ4v) is 3.90. The van der Waals surface area contributed by atoms with E-state index in [1.807, 2.05) is 0 Å². The largest absolute Gasteiger partial charge is 0.371 e. The zero-order chi connectivity index (χ0) is 13.0. The highest BCUT2D eigenvalue weighted by Gasteiger charge is 2.33. The lowest BCUT2D eigenvalue weighted by Gasteiger charge is -2.35. The summed E-state index contributed by atoms with van der Waals surface area (Å²) in [6.45, 7) is 6.76. The van der Waals surface area contributed by atoms with Crippen LogP contribution in [0.1, 0.15) is 58.8 Å². The van der Waals surface area contributed by atoms with Crippen molar-refractivity contribution in [1.82, 2.24) is 4.90 Å². The van der Waals surface area contributed by atoms with Crippen molar-refractivity contribution in [2.75, 3.05) is 18.4 Å². The van der Waals surface area contributed by atoms with Crippen LogP contribution < -0.4 is 0 Å². The van der Waals surface area contributed by atoms with Gasteiger partial charge in [0.25, 0.3) is 0 Å². The normalized spacial score (nSPS) is 29.0. The van der Waals surface area contributed by atoms with Crippen LogP contribution in [-0.4, -0.2) is 41.1 Å². The third-order valence-corrected chi connectivity index (χ3v) is 4.81. The van der Waals surface area contributed by atoms with Crippen LogP contribution in [0.25, 0.3) is 0 Å². The number of hydrogen-bond donors (Lipinski definition) is 0. The first-order valence-electron chi connectivity index (χ1n) is 7.58. The highest BCUT2D eigenvalue weighted by atomic mass is 79.9. The fraction of sp³-hybridized carbons (Fsp3) is 1.00. The maximum Gasteiger partial charge on any atom is 0.0710 e. The average molecular weight is 318 g/mol. The van der Waals surface area contributed by atoms with Crippen molar-refractivity contribution in [3.63, 3.8) is 0 Å². The summed E-state index contributed by atoms with van der Waals surface area (Å²) < 4.78 is 6.16. The number of halogens is 1. The van der Waals surface area contributed by atoms with E-state index in [2.05, 4.69) is 34.7 Å². The van der Waals surface area contributed by atoms with E-state index in [-0.39, 0.29) is 5.60 Å². The maximum atomic E-state index is 6.16. The summed E-state index contributed by atoms with van der Waals surface area (Å²) in [4.78, 5) is 2.68. The van der Waals surface area contributed by atoms with Crippen molar-refractivity contribution in [3.8, 4) is 0 Å². The fourth-order valence-electron chi connectivity index (χ4n) is 3.45. The Labute approximate surface area is 121 Å². The smallest absolute Gasteiger partial charge is 0.0710 e. The van der Waals surface area contributed by atoms with Gasteiger partial charge in [-0.3, -0.25) is 4.90 Å². The molecule has 0 aromatic heterocycles. The lowest BCUT2D eigenvalue weighted by molar-refractivity contribution is -0.0348. The Balaban J connectivity index is 1.85. The summed E-state index contributed by atoms with van der Waals surface area (Å²) in [5.74, 6) is 0. The summed E-state index contributed by atoms with van der Waals surface area (Å²) in [5.41, 5.74) is 0.108. The SMILES string of the molecule is CC1(C)CCC(CN(CCBr)C2CCCCC2)O1. The molecule has 1 saturated carbocycles. The molecule has 0 radical (unpaired) electrons. The van der Waals surface area contributed by atoms with Crippen LogP contribution in [0.3, 0.4) is 0 Å². The Morgan fingerprint density at radius 3 is 2.44 bits per heavy atom. The van der Waals surface area contributed by atoms with E-state index in [9.17, 15) is 0 Å². The number of hydrogen-bond acceptors (Lipinski definition) is 2. The first kappa shape index (κ1) is 14.8. The second-order valence-electron chi connectivity index (χ2n) is 6.51. The van der Waals surface area contributed by atoms with Gasteiger partial charge in [0.15, 0.2) is 0 Å². The van der Waals surface area contributed by atoms with Gasteiger partial charge in [-0.2, -0.15) is 0 Å². The van der Waals surface area contributed by atoms with E-state index in [4.69, 9.17) is 4.74 Å². The summed E-state index contributed by atoms with van der Waals surface area (Å²) >= 11 is 3.61. The van der Waals surface area contributed by atoms with Crippen LogP contribution in [0.15, 0.2) is 0 Å². The molecule has 106 valence electrons. The molecule has 1 atom stereocenters. The van der Waals surface area contributed by atoms with Crippen molar-refractivity contribution in [2.24, 2.45) is 0 Å². The molecule has 2 nitrogen and oxygen atoms in total. The van der Waals surface area contributed by atoms with Crippen LogP contribution >= 0.6 is 15.9 Å². The molecule has 0 N–H and O–H groups in total. The molecule has 0 spiro atoms. The van der Waals surface area contributed by atoms with Crippen LogP contribution in [0.4, 0.5) is 0 Å². The number of alkyl halides is 1. The van der Waals surface area contributed by atoms with Gasteiger partial charge in [-0.15, -0.1) is 0 Å². The first-order valence-corrected chi connectivity index (χ1v) is 8.71. The molecule has 1 heterocycles. The van der Waals surface area contributed by atoms with Gasteiger partial charge in [-0.25, -0.2) is 0 Å².